The normalized spacial score (nSPS) is 12.2. The maximum Gasteiger partial charge on any atom is 0.261 e. The van der Waals surface area contributed by atoms with Gasteiger partial charge in [0, 0.05) is 12.1 Å². The molecule has 0 saturated heterocycles. The van der Waals surface area contributed by atoms with Crippen LogP contribution in [-0.2, 0) is 16.1 Å². The fraction of sp³-hybridized carbons (Fsp3) is 0.417. The first-order valence-electron chi connectivity index (χ1n) is 10.2. The Hall–Kier alpha value is -2.53. The molecule has 0 heterocycles. The number of hydrogen-bond acceptors (Lipinski definition) is 3. The van der Waals surface area contributed by atoms with Gasteiger partial charge in [0.1, 0.15) is 11.8 Å². The molecule has 1 atom stereocenters. The van der Waals surface area contributed by atoms with Crippen molar-refractivity contribution in [3.05, 3.63) is 64.7 Å². The van der Waals surface area contributed by atoms with Gasteiger partial charge in [-0.3, -0.25) is 9.59 Å². The zero-order valence-corrected chi connectivity index (χ0v) is 19.1. The maximum atomic E-state index is 13.2. The lowest BCUT2D eigenvalue weighted by atomic mass is 10.0. The van der Waals surface area contributed by atoms with E-state index >= 15 is 0 Å². The monoisotopic (exact) mass is 430 g/mol. The summed E-state index contributed by atoms with van der Waals surface area (Å²) in [7, 11) is 0. The van der Waals surface area contributed by atoms with Crippen LogP contribution < -0.4 is 10.1 Å². The summed E-state index contributed by atoms with van der Waals surface area (Å²) in [6.45, 7) is 9.79. The van der Waals surface area contributed by atoms with E-state index in [0.717, 1.165) is 11.1 Å². The number of benzene rings is 2. The lowest BCUT2D eigenvalue weighted by Crippen LogP contribution is -2.54. The van der Waals surface area contributed by atoms with Crippen LogP contribution in [-0.4, -0.2) is 34.9 Å². The van der Waals surface area contributed by atoms with E-state index in [9.17, 15) is 9.59 Å². The average Bonchev–Trinajstić information content (AvgIpc) is 2.67. The second-order valence-electron chi connectivity index (χ2n) is 8.33. The van der Waals surface area contributed by atoms with Crippen molar-refractivity contribution >= 4 is 23.4 Å². The van der Waals surface area contributed by atoms with Crippen LogP contribution >= 0.6 is 11.6 Å². The number of ether oxygens (including phenoxy) is 1. The van der Waals surface area contributed by atoms with Crippen LogP contribution in [0.4, 0.5) is 0 Å². The molecule has 30 heavy (non-hydrogen) atoms. The molecule has 6 heteroatoms. The number of halogens is 1. The third-order valence-electron chi connectivity index (χ3n) is 4.67. The highest BCUT2D eigenvalue weighted by Gasteiger charge is 2.31. The van der Waals surface area contributed by atoms with Gasteiger partial charge in [0.25, 0.3) is 5.91 Å². The minimum Gasteiger partial charge on any atom is -0.482 e. The second-order valence-corrected chi connectivity index (χ2v) is 8.74. The number of amides is 2. The molecule has 2 amide bonds. The van der Waals surface area contributed by atoms with Crippen LogP contribution in [0.2, 0.25) is 5.02 Å². The first-order chi connectivity index (χ1) is 14.1. The summed E-state index contributed by atoms with van der Waals surface area (Å²) in [5.41, 5.74) is 1.66. The lowest BCUT2D eigenvalue weighted by molar-refractivity contribution is -0.143. The van der Waals surface area contributed by atoms with E-state index in [1.807, 2.05) is 58.9 Å². The van der Waals surface area contributed by atoms with E-state index in [4.69, 9.17) is 16.3 Å². The van der Waals surface area contributed by atoms with Crippen LogP contribution in [0, 0.1) is 6.92 Å². The van der Waals surface area contributed by atoms with Gasteiger partial charge in [-0.2, -0.15) is 0 Å². The van der Waals surface area contributed by atoms with E-state index in [1.165, 1.54) is 0 Å². The Balaban J connectivity index is 2.27. The zero-order chi connectivity index (χ0) is 22.3. The third kappa shape index (κ3) is 6.77. The molecule has 0 bridgehead atoms. The van der Waals surface area contributed by atoms with Crippen LogP contribution in [0.15, 0.2) is 48.5 Å². The molecular weight excluding hydrogens is 400 g/mol. The van der Waals surface area contributed by atoms with Crippen molar-refractivity contribution in [1.29, 1.82) is 0 Å². The van der Waals surface area contributed by atoms with E-state index in [2.05, 4.69) is 5.32 Å². The molecular formula is C24H31ClN2O3. The predicted octanol–water partition coefficient (Wildman–Crippen LogP) is 4.75. The van der Waals surface area contributed by atoms with Crippen LogP contribution in [0.25, 0.3) is 0 Å². The molecule has 0 aliphatic rings. The van der Waals surface area contributed by atoms with Crippen molar-refractivity contribution in [1.82, 2.24) is 10.2 Å². The molecule has 0 aliphatic heterocycles. The highest BCUT2D eigenvalue weighted by molar-refractivity contribution is 6.32. The highest BCUT2D eigenvalue weighted by Crippen LogP contribution is 2.23. The lowest BCUT2D eigenvalue weighted by Gasteiger charge is -2.33. The van der Waals surface area contributed by atoms with Crippen molar-refractivity contribution in [3.8, 4) is 5.75 Å². The quantitative estimate of drug-likeness (QED) is 0.657. The fourth-order valence-corrected chi connectivity index (χ4v) is 3.32. The molecule has 0 aromatic heterocycles. The Morgan fingerprint density at radius 3 is 2.33 bits per heavy atom. The summed E-state index contributed by atoms with van der Waals surface area (Å²) in [5, 5.41) is 3.43. The zero-order valence-electron chi connectivity index (χ0n) is 18.4. The second kappa shape index (κ2) is 10.5. The van der Waals surface area contributed by atoms with Crippen LogP contribution in [0.3, 0.4) is 0 Å². The highest BCUT2D eigenvalue weighted by atomic mass is 35.5. The molecule has 0 saturated carbocycles. The van der Waals surface area contributed by atoms with Gasteiger partial charge in [0.05, 0.1) is 5.02 Å². The van der Waals surface area contributed by atoms with E-state index < -0.39 is 11.6 Å². The number of rotatable bonds is 8. The minimum atomic E-state index is -0.605. The Bertz CT molecular complexity index is 877. The smallest absolute Gasteiger partial charge is 0.261 e. The Labute approximate surface area is 184 Å². The molecule has 5 nitrogen and oxygen atoms in total. The summed E-state index contributed by atoms with van der Waals surface area (Å²) in [4.78, 5) is 27.8. The largest absolute Gasteiger partial charge is 0.482 e. The first kappa shape index (κ1) is 23.7. The standard InChI is InChI=1S/C24H31ClN2O3/c1-6-20(23(29)26-24(3,4)5)27(15-18-12-8-7-11-17(18)2)22(28)16-30-21-14-10-9-13-19(21)25/h7-14,20H,6,15-16H2,1-5H3,(H,26,29). The molecule has 2 rings (SSSR count). The van der Waals surface area contributed by atoms with E-state index in [1.54, 1.807) is 29.2 Å². The van der Waals surface area contributed by atoms with E-state index in [-0.39, 0.29) is 18.4 Å². The number of para-hydroxylation sites is 1. The van der Waals surface area contributed by atoms with Crippen LogP contribution in [0.5, 0.6) is 5.75 Å². The maximum absolute atomic E-state index is 13.2. The van der Waals surface area contributed by atoms with Gasteiger partial charge >= 0.3 is 0 Å². The number of aryl methyl sites for hydroxylation is 1. The average molecular weight is 431 g/mol. The number of nitrogens with one attached hydrogen (secondary N) is 1. The van der Waals surface area contributed by atoms with Gasteiger partial charge in [0.2, 0.25) is 5.91 Å². The van der Waals surface area contributed by atoms with Gasteiger partial charge in [0.15, 0.2) is 6.61 Å². The van der Waals surface area contributed by atoms with Gasteiger partial charge in [-0.15, -0.1) is 0 Å². The van der Waals surface area contributed by atoms with Gasteiger partial charge in [-0.25, -0.2) is 0 Å². The summed E-state index contributed by atoms with van der Waals surface area (Å²) in [6, 6.07) is 14.3. The topological polar surface area (TPSA) is 58.6 Å². The molecule has 0 aliphatic carbocycles. The van der Waals surface area contributed by atoms with Crippen molar-refractivity contribution < 1.29 is 14.3 Å². The summed E-state index contributed by atoms with van der Waals surface area (Å²) in [5.74, 6) is -0.00527. The Morgan fingerprint density at radius 1 is 1.10 bits per heavy atom. The molecule has 0 radical (unpaired) electrons. The number of carbonyl (C=O) groups is 2. The Kier molecular flexibility index (Phi) is 8.30. The van der Waals surface area contributed by atoms with Gasteiger partial charge < -0.3 is 15.0 Å². The summed E-state index contributed by atoms with van der Waals surface area (Å²) in [6.07, 6.45) is 0.492. The Morgan fingerprint density at radius 2 is 1.73 bits per heavy atom. The first-order valence-corrected chi connectivity index (χ1v) is 10.5. The van der Waals surface area contributed by atoms with Crippen molar-refractivity contribution in [2.45, 2.75) is 59.2 Å². The van der Waals surface area contributed by atoms with Crippen molar-refractivity contribution in [3.63, 3.8) is 0 Å². The summed E-state index contributed by atoms with van der Waals surface area (Å²) >= 11 is 6.14. The fourth-order valence-electron chi connectivity index (χ4n) is 3.13. The number of nitrogens with zero attached hydrogens (tertiary/aromatic N) is 1. The third-order valence-corrected chi connectivity index (χ3v) is 4.99. The summed E-state index contributed by atoms with van der Waals surface area (Å²) < 4.78 is 5.67. The SMILES string of the molecule is CCC(C(=O)NC(C)(C)C)N(Cc1ccccc1C)C(=O)COc1ccccc1Cl. The number of carbonyl (C=O) groups excluding carboxylic acids is 2. The van der Waals surface area contributed by atoms with Crippen molar-refractivity contribution in [2.75, 3.05) is 6.61 Å². The molecule has 1 N–H and O–H groups in total. The van der Waals surface area contributed by atoms with Gasteiger partial charge in [-0.1, -0.05) is 54.9 Å². The molecule has 2 aromatic carbocycles. The molecule has 162 valence electrons. The number of hydrogen-bond donors (Lipinski definition) is 1. The van der Waals surface area contributed by atoms with Crippen molar-refractivity contribution in [2.24, 2.45) is 0 Å². The van der Waals surface area contributed by atoms with Gasteiger partial charge in [-0.05, 0) is 57.4 Å². The predicted molar refractivity (Wildman–Crippen MR) is 121 cm³/mol. The molecule has 0 fully saturated rings. The molecule has 1 unspecified atom stereocenters. The molecule has 0 spiro atoms. The van der Waals surface area contributed by atoms with Crippen LogP contribution in [0.1, 0.15) is 45.2 Å². The van der Waals surface area contributed by atoms with E-state index in [0.29, 0.717) is 23.7 Å². The minimum absolute atomic E-state index is 0.176. The molecule has 2 aromatic rings.